The van der Waals surface area contributed by atoms with Gasteiger partial charge in [-0.2, -0.15) is 0 Å². The van der Waals surface area contributed by atoms with E-state index < -0.39 is 0 Å². The highest BCUT2D eigenvalue weighted by atomic mass is 16.5. The topological polar surface area (TPSA) is 43.4 Å². The minimum Gasteiger partial charge on any atom is -0.462 e. The van der Waals surface area contributed by atoms with Gasteiger partial charge in [-0.25, -0.2) is 0 Å². The van der Waals surface area contributed by atoms with Crippen molar-refractivity contribution >= 4 is 11.8 Å². The summed E-state index contributed by atoms with van der Waals surface area (Å²) in [4.78, 5) is 24.8. The fraction of sp³-hybridized carbons (Fsp3) is 0.704. The molecule has 4 aliphatic carbocycles. The van der Waals surface area contributed by atoms with Crippen molar-refractivity contribution in [3.63, 3.8) is 0 Å². The lowest BCUT2D eigenvalue weighted by atomic mass is 9.45. The first-order valence-electron chi connectivity index (χ1n) is 12.2. The smallest absolute Gasteiger partial charge is 0.310 e. The van der Waals surface area contributed by atoms with Crippen LogP contribution < -0.4 is 0 Å². The molecule has 30 heavy (non-hydrogen) atoms. The highest BCUT2D eigenvalue weighted by Gasteiger charge is 2.61. The predicted octanol–water partition coefficient (Wildman–Crippen LogP) is 5.75. The third-order valence-electron chi connectivity index (χ3n) is 9.86. The minimum absolute atomic E-state index is 0.0677. The summed E-state index contributed by atoms with van der Waals surface area (Å²) >= 11 is 0. The van der Waals surface area contributed by atoms with E-state index in [1.54, 1.807) is 0 Å². The van der Waals surface area contributed by atoms with Gasteiger partial charge in [0.1, 0.15) is 11.9 Å². The molecule has 1 unspecified atom stereocenters. The van der Waals surface area contributed by atoms with E-state index in [-0.39, 0.29) is 17.5 Å². The SMILES string of the molecule is C[C@]12CC[C@H]3[C@@H](CCC4CC(=O)CC[C@@]43C)[C@@H]1CC[C@@H]2OC(=O)Cc1ccccc1. The Labute approximate surface area is 181 Å². The molecule has 0 radical (unpaired) electrons. The zero-order valence-corrected chi connectivity index (χ0v) is 18.6. The van der Waals surface area contributed by atoms with Gasteiger partial charge in [0, 0.05) is 18.3 Å². The molecule has 5 rings (SSSR count). The van der Waals surface area contributed by atoms with Crippen LogP contribution in [0, 0.1) is 34.5 Å². The third-order valence-corrected chi connectivity index (χ3v) is 9.86. The summed E-state index contributed by atoms with van der Waals surface area (Å²) in [5.41, 5.74) is 1.51. The fourth-order valence-corrected chi connectivity index (χ4v) is 8.15. The van der Waals surface area contributed by atoms with Crippen LogP contribution in [0.4, 0.5) is 0 Å². The number of benzene rings is 1. The van der Waals surface area contributed by atoms with Crippen LogP contribution in [0.1, 0.15) is 77.2 Å². The van der Waals surface area contributed by atoms with Crippen LogP contribution in [0.25, 0.3) is 0 Å². The lowest BCUT2D eigenvalue weighted by Gasteiger charge is -2.60. The Hall–Kier alpha value is -1.64. The Bertz CT molecular complexity index is 817. The molecule has 0 aliphatic heterocycles. The predicted molar refractivity (Wildman–Crippen MR) is 117 cm³/mol. The van der Waals surface area contributed by atoms with Gasteiger partial charge in [0.25, 0.3) is 0 Å². The number of Topliss-reactive ketones (excluding diaryl/α,β-unsaturated/α-hetero) is 1. The Morgan fingerprint density at radius 1 is 0.967 bits per heavy atom. The number of hydrogen-bond acceptors (Lipinski definition) is 3. The van der Waals surface area contributed by atoms with Gasteiger partial charge < -0.3 is 4.74 Å². The van der Waals surface area contributed by atoms with Gasteiger partial charge >= 0.3 is 5.97 Å². The number of esters is 1. The molecule has 162 valence electrons. The molecule has 0 bridgehead atoms. The molecule has 3 nitrogen and oxygen atoms in total. The zero-order chi connectivity index (χ0) is 20.9. The number of carbonyl (C=O) groups excluding carboxylic acids is 2. The molecule has 4 aliphatic rings. The van der Waals surface area contributed by atoms with Crippen molar-refractivity contribution < 1.29 is 14.3 Å². The largest absolute Gasteiger partial charge is 0.462 e. The summed E-state index contributed by atoms with van der Waals surface area (Å²) in [5.74, 6) is 3.18. The summed E-state index contributed by atoms with van der Waals surface area (Å²) in [6.07, 6.45) is 10.2. The third kappa shape index (κ3) is 3.24. The maximum atomic E-state index is 12.7. The first-order chi connectivity index (χ1) is 14.4. The standard InChI is InChI=1S/C27H36O3/c1-26-14-12-20(28)17-19(26)8-9-21-22-10-11-24(27(22,2)15-13-23(21)26)30-25(29)16-18-6-4-3-5-7-18/h3-7,19,21-24H,8-17H2,1-2H3/t19?,21-,22-,23-,24-,26-,27-/m0/s1. The molecule has 0 amide bonds. The highest BCUT2D eigenvalue weighted by molar-refractivity contribution is 5.79. The summed E-state index contributed by atoms with van der Waals surface area (Å²) < 4.78 is 6.13. The van der Waals surface area contributed by atoms with Crippen molar-refractivity contribution in [1.82, 2.24) is 0 Å². The van der Waals surface area contributed by atoms with Gasteiger partial charge in [-0.15, -0.1) is 0 Å². The van der Waals surface area contributed by atoms with Crippen molar-refractivity contribution in [3.8, 4) is 0 Å². The molecule has 7 atom stereocenters. The van der Waals surface area contributed by atoms with Gasteiger partial charge in [0.05, 0.1) is 6.42 Å². The Morgan fingerprint density at radius 3 is 2.53 bits per heavy atom. The average Bonchev–Trinajstić information content (AvgIpc) is 3.05. The maximum Gasteiger partial charge on any atom is 0.310 e. The van der Waals surface area contributed by atoms with Crippen molar-refractivity contribution in [2.24, 2.45) is 34.5 Å². The Morgan fingerprint density at radius 2 is 1.73 bits per heavy atom. The second-order valence-corrected chi connectivity index (χ2v) is 11.2. The molecule has 4 fully saturated rings. The maximum absolute atomic E-state index is 12.7. The number of fused-ring (bicyclic) bond motifs is 5. The summed E-state index contributed by atoms with van der Waals surface area (Å²) in [5, 5.41) is 0. The van der Waals surface area contributed by atoms with Gasteiger partial charge in [0.15, 0.2) is 0 Å². The number of ketones is 1. The second-order valence-electron chi connectivity index (χ2n) is 11.2. The van der Waals surface area contributed by atoms with Gasteiger partial charge in [0.2, 0.25) is 0 Å². The van der Waals surface area contributed by atoms with E-state index in [0.29, 0.717) is 29.5 Å². The van der Waals surface area contributed by atoms with E-state index in [9.17, 15) is 9.59 Å². The van der Waals surface area contributed by atoms with Gasteiger partial charge in [-0.1, -0.05) is 44.2 Å². The summed E-state index contributed by atoms with van der Waals surface area (Å²) in [6.45, 7) is 4.90. The summed E-state index contributed by atoms with van der Waals surface area (Å²) in [6, 6.07) is 9.94. The molecule has 0 heterocycles. The molecule has 0 N–H and O–H groups in total. The summed E-state index contributed by atoms with van der Waals surface area (Å²) in [7, 11) is 0. The molecule has 1 aromatic carbocycles. The number of hydrogen-bond donors (Lipinski definition) is 0. The first kappa shape index (κ1) is 20.3. The van der Waals surface area contributed by atoms with E-state index in [0.717, 1.165) is 43.1 Å². The van der Waals surface area contributed by atoms with Crippen molar-refractivity contribution in [3.05, 3.63) is 35.9 Å². The number of carbonyl (C=O) groups is 2. The fourth-order valence-electron chi connectivity index (χ4n) is 8.15. The van der Waals surface area contributed by atoms with E-state index in [1.165, 1.54) is 32.1 Å². The Balaban J connectivity index is 1.29. The second kappa shape index (κ2) is 7.50. The highest BCUT2D eigenvalue weighted by Crippen LogP contribution is 2.66. The zero-order valence-electron chi connectivity index (χ0n) is 18.6. The van der Waals surface area contributed by atoms with Crippen molar-refractivity contribution in [1.29, 1.82) is 0 Å². The van der Waals surface area contributed by atoms with Crippen molar-refractivity contribution in [2.45, 2.75) is 84.2 Å². The van der Waals surface area contributed by atoms with Crippen LogP contribution >= 0.6 is 0 Å². The van der Waals surface area contributed by atoms with Gasteiger partial charge in [-0.05, 0) is 79.6 Å². The van der Waals surface area contributed by atoms with E-state index in [1.807, 2.05) is 30.3 Å². The van der Waals surface area contributed by atoms with Crippen LogP contribution in [0.5, 0.6) is 0 Å². The molecule has 0 saturated heterocycles. The lowest BCUT2D eigenvalue weighted by molar-refractivity contribution is -0.163. The van der Waals surface area contributed by atoms with E-state index in [2.05, 4.69) is 13.8 Å². The number of ether oxygens (including phenoxy) is 1. The molecular weight excluding hydrogens is 372 g/mol. The van der Waals surface area contributed by atoms with Crippen LogP contribution in [0.15, 0.2) is 30.3 Å². The average molecular weight is 409 g/mol. The Kier molecular flexibility index (Phi) is 5.07. The molecule has 0 spiro atoms. The normalized spacial score (nSPS) is 42.7. The van der Waals surface area contributed by atoms with Gasteiger partial charge in [-0.3, -0.25) is 9.59 Å². The number of rotatable bonds is 3. The van der Waals surface area contributed by atoms with Crippen LogP contribution in [0.2, 0.25) is 0 Å². The first-order valence-corrected chi connectivity index (χ1v) is 12.2. The monoisotopic (exact) mass is 408 g/mol. The lowest BCUT2D eigenvalue weighted by Crippen LogP contribution is -2.54. The van der Waals surface area contributed by atoms with E-state index in [4.69, 9.17) is 4.74 Å². The van der Waals surface area contributed by atoms with Crippen molar-refractivity contribution in [2.75, 3.05) is 0 Å². The van der Waals surface area contributed by atoms with Crippen LogP contribution in [0.3, 0.4) is 0 Å². The molecule has 0 aromatic heterocycles. The van der Waals surface area contributed by atoms with E-state index >= 15 is 0 Å². The molecule has 3 heteroatoms. The minimum atomic E-state index is -0.0725. The molecule has 1 aromatic rings. The van der Waals surface area contributed by atoms with Crippen LogP contribution in [-0.4, -0.2) is 17.9 Å². The molecule has 4 saturated carbocycles. The quantitative estimate of drug-likeness (QED) is 0.598. The molecular formula is C27H36O3. The van der Waals surface area contributed by atoms with Crippen LogP contribution in [-0.2, 0) is 20.7 Å².